The molecule has 7 nitrogen and oxygen atoms in total. The molecule has 132 valence electrons. The Kier molecular flexibility index (Phi) is 6.64. The fourth-order valence-corrected chi connectivity index (χ4v) is 2.90. The van der Waals surface area contributed by atoms with Crippen molar-refractivity contribution in [3.05, 3.63) is 46.5 Å². The predicted octanol–water partition coefficient (Wildman–Crippen LogP) is 1.60. The number of carbonyl (C=O) groups excluding carboxylic acids is 3. The smallest absolute Gasteiger partial charge is 0.242 e. The third kappa shape index (κ3) is 6.72. The van der Waals surface area contributed by atoms with Crippen LogP contribution in [-0.4, -0.2) is 22.7 Å². The lowest BCUT2D eigenvalue weighted by atomic mass is 10.0. The number of nitrogens with one attached hydrogen (secondary N) is 3. The lowest BCUT2D eigenvalue weighted by molar-refractivity contribution is -0.127. The number of hydrazine groups is 1. The Morgan fingerprint density at radius 3 is 2.28 bits per heavy atom. The van der Waals surface area contributed by atoms with Gasteiger partial charge in [0, 0.05) is 19.2 Å². The zero-order valence-corrected chi connectivity index (χ0v) is 14.9. The molecular formula is C17H20N4O3S. The standard InChI is InChI=1S/C17H20N4O3S/c1-11(22)18-17-19-15(10-25-17)8-7-13-3-5-14(6-4-13)9-16(24)21-20-12(2)23/h3-6,10H,7-9H2,1-2H3,(H,20,23)(H,21,24)(H,18,19,22). The van der Waals surface area contributed by atoms with Crippen LogP contribution in [0.1, 0.15) is 30.7 Å². The van der Waals surface area contributed by atoms with E-state index in [2.05, 4.69) is 21.2 Å². The number of rotatable bonds is 6. The van der Waals surface area contributed by atoms with Gasteiger partial charge < -0.3 is 5.32 Å². The van der Waals surface area contributed by atoms with Gasteiger partial charge in [0.1, 0.15) is 0 Å². The van der Waals surface area contributed by atoms with Gasteiger partial charge >= 0.3 is 0 Å². The molecule has 0 spiro atoms. The van der Waals surface area contributed by atoms with E-state index in [9.17, 15) is 14.4 Å². The largest absolute Gasteiger partial charge is 0.302 e. The molecule has 2 aromatic rings. The van der Waals surface area contributed by atoms with Gasteiger partial charge in [-0.05, 0) is 24.0 Å². The van der Waals surface area contributed by atoms with Crippen LogP contribution in [0, 0.1) is 0 Å². The van der Waals surface area contributed by atoms with E-state index in [-0.39, 0.29) is 24.1 Å². The van der Waals surface area contributed by atoms with Gasteiger partial charge in [-0.1, -0.05) is 24.3 Å². The van der Waals surface area contributed by atoms with E-state index in [4.69, 9.17) is 0 Å². The number of hydrogen-bond acceptors (Lipinski definition) is 5. The van der Waals surface area contributed by atoms with Gasteiger partial charge in [-0.3, -0.25) is 25.2 Å². The highest BCUT2D eigenvalue weighted by atomic mass is 32.1. The summed E-state index contributed by atoms with van der Waals surface area (Å²) in [5.41, 5.74) is 7.54. The second-order valence-corrected chi connectivity index (χ2v) is 6.41. The Labute approximate surface area is 149 Å². The Bertz CT molecular complexity index is 756. The number of thiazole rings is 1. The lowest BCUT2D eigenvalue weighted by Crippen LogP contribution is -2.41. The fourth-order valence-electron chi connectivity index (χ4n) is 2.11. The predicted molar refractivity (Wildman–Crippen MR) is 95.9 cm³/mol. The quantitative estimate of drug-likeness (QED) is 0.681. The first-order valence-corrected chi connectivity index (χ1v) is 8.65. The van der Waals surface area contributed by atoms with Crippen molar-refractivity contribution in [2.45, 2.75) is 33.1 Å². The van der Waals surface area contributed by atoms with Crippen molar-refractivity contribution in [2.24, 2.45) is 0 Å². The summed E-state index contributed by atoms with van der Waals surface area (Å²) in [6, 6.07) is 7.74. The van der Waals surface area contributed by atoms with E-state index >= 15 is 0 Å². The maximum absolute atomic E-state index is 11.6. The van der Waals surface area contributed by atoms with Crippen molar-refractivity contribution in [2.75, 3.05) is 5.32 Å². The summed E-state index contributed by atoms with van der Waals surface area (Å²) < 4.78 is 0. The van der Waals surface area contributed by atoms with Crippen LogP contribution in [-0.2, 0) is 33.6 Å². The molecule has 1 heterocycles. The third-order valence-corrected chi connectivity index (χ3v) is 4.08. The molecule has 3 amide bonds. The minimum absolute atomic E-state index is 0.126. The van der Waals surface area contributed by atoms with Crippen LogP contribution in [0.3, 0.4) is 0 Å². The first kappa shape index (κ1) is 18.6. The summed E-state index contributed by atoms with van der Waals surface area (Å²) >= 11 is 1.41. The maximum atomic E-state index is 11.6. The molecule has 0 aliphatic carbocycles. The maximum Gasteiger partial charge on any atom is 0.242 e. The average molecular weight is 360 g/mol. The highest BCUT2D eigenvalue weighted by Gasteiger charge is 2.06. The Morgan fingerprint density at radius 1 is 0.960 bits per heavy atom. The summed E-state index contributed by atoms with van der Waals surface area (Å²) in [5, 5.41) is 5.22. The molecule has 3 N–H and O–H groups in total. The SMILES string of the molecule is CC(=O)NNC(=O)Cc1ccc(CCc2csc(NC(C)=O)n2)cc1. The number of aryl methyl sites for hydroxylation is 2. The van der Waals surface area contributed by atoms with Gasteiger partial charge in [0.15, 0.2) is 5.13 Å². The minimum Gasteiger partial charge on any atom is -0.302 e. The van der Waals surface area contributed by atoms with Gasteiger partial charge in [0.25, 0.3) is 0 Å². The van der Waals surface area contributed by atoms with E-state index < -0.39 is 0 Å². The molecule has 0 bridgehead atoms. The van der Waals surface area contributed by atoms with Crippen molar-refractivity contribution in [3.63, 3.8) is 0 Å². The van der Waals surface area contributed by atoms with Gasteiger partial charge in [-0.15, -0.1) is 11.3 Å². The molecule has 25 heavy (non-hydrogen) atoms. The van der Waals surface area contributed by atoms with E-state index in [0.29, 0.717) is 5.13 Å². The number of aromatic nitrogens is 1. The lowest BCUT2D eigenvalue weighted by Gasteiger charge is -2.06. The molecule has 0 fully saturated rings. The third-order valence-electron chi connectivity index (χ3n) is 3.27. The average Bonchev–Trinajstić information content (AvgIpc) is 2.99. The second kappa shape index (κ2) is 8.93. The summed E-state index contributed by atoms with van der Waals surface area (Å²) in [6.45, 7) is 2.79. The molecule has 8 heteroatoms. The molecule has 2 rings (SSSR count). The molecule has 0 saturated carbocycles. The number of carbonyl (C=O) groups is 3. The van der Waals surface area contributed by atoms with Crippen LogP contribution >= 0.6 is 11.3 Å². The Hall–Kier alpha value is -2.74. The van der Waals surface area contributed by atoms with Gasteiger partial charge in [0.2, 0.25) is 17.7 Å². The van der Waals surface area contributed by atoms with E-state index in [1.165, 1.54) is 25.2 Å². The van der Waals surface area contributed by atoms with E-state index in [1.807, 2.05) is 29.6 Å². The molecule has 0 unspecified atom stereocenters. The van der Waals surface area contributed by atoms with E-state index in [0.717, 1.165) is 29.7 Å². The van der Waals surface area contributed by atoms with Crippen molar-refractivity contribution in [1.29, 1.82) is 0 Å². The Morgan fingerprint density at radius 2 is 1.64 bits per heavy atom. The van der Waals surface area contributed by atoms with Crippen LogP contribution in [0.5, 0.6) is 0 Å². The number of benzene rings is 1. The zero-order valence-electron chi connectivity index (χ0n) is 14.1. The van der Waals surface area contributed by atoms with Gasteiger partial charge in [0.05, 0.1) is 12.1 Å². The number of anilines is 1. The summed E-state index contributed by atoms with van der Waals surface area (Å²) in [5.74, 6) is -0.706. The molecule has 0 aliphatic heterocycles. The van der Waals surface area contributed by atoms with Crippen LogP contribution in [0.25, 0.3) is 0 Å². The number of amides is 3. The normalized spacial score (nSPS) is 10.2. The molecule has 1 aromatic heterocycles. The fraction of sp³-hybridized carbons (Fsp3) is 0.294. The monoisotopic (exact) mass is 360 g/mol. The van der Waals surface area contributed by atoms with Crippen molar-refractivity contribution in [1.82, 2.24) is 15.8 Å². The second-order valence-electron chi connectivity index (χ2n) is 5.55. The molecule has 0 radical (unpaired) electrons. The zero-order chi connectivity index (χ0) is 18.2. The van der Waals surface area contributed by atoms with Gasteiger partial charge in [-0.25, -0.2) is 4.98 Å². The molecule has 1 aromatic carbocycles. The van der Waals surface area contributed by atoms with Crippen LogP contribution < -0.4 is 16.2 Å². The highest BCUT2D eigenvalue weighted by molar-refractivity contribution is 7.13. The topological polar surface area (TPSA) is 100 Å². The molecular weight excluding hydrogens is 340 g/mol. The summed E-state index contributed by atoms with van der Waals surface area (Å²) in [6.07, 6.45) is 1.80. The van der Waals surface area contributed by atoms with Crippen molar-refractivity contribution < 1.29 is 14.4 Å². The van der Waals surface area contributed by atoms with Crippen LogP contribution in [0.4, 0.5) is 5.13 Å². The Balaban J connectivity index is 1.81. The first-order chi connectivity index (χ1) is 11.9. The van der Waals surface area contributed by atoms with Gasteiger partial charge in [-0.2, -0.15) is 0 Å². The number of nitrogens with zero attached hydrogens (tertiary/aromatic N) is 1. The molecule has 0 saturated heterocycles. The van der Waals surface area contributed by atoms with Crippen molar-refractivity contribution >= 4 is 34.2 Å². The highest BCUT2D eigenvalue weighted by Crippen LogP contribution is 2.17. The first-order valence-electron chi connectivity index (χ1n) is 7.77. The summed E-state index contributed by atoms with van der Waals surface area (Å²) in [4.78, 5) is 37.7. The minimum atomic E-state index is -0.313. The van der Waals surface area contributed by atoms with Crippen LogP contribution in [0.2, 0.25) is 0 Å². The summed E-state index contributed by atoms with van der Waals surface area (Å²) in [7, 11) is 0. The van der Waals surface area contributed by atoms with Crippen molar-refractivity contribution in [3.8, 4) is 0 Å². The van der Waals surface area contributed by atoms with E-state index in [1.54, 1.807) is 0 Å². The van der Waals surface area contributed by atoms with Crippen LogP contribution in [0.15, 0.2) is 29.6 Å². The molecule has 0 atom stereocenters. The number of hydrogen-bond donors (Lipinski definition) is 3. The molecule has 0 aliphatic rings.